The highest BCUT2D eigenvalue weighted by Crippen LogP contribution is 2.17. The molecule has 0 saturated carbocycles. The van der Waals surface area contributed by atoms with E-state index in [9.17, 15) is 14.4 Å². The maximum Gasteiger partial charge on any atom is 0.253 e. The standard InChI is InChI=1S/C23H28N4O3/c1-2-6-21(28)25-19-7-5-8-20(15-19)26-22(29)16-24-18-11-9-17(10-12-18)23(30)27-13-3-4-14-27/h5,7-12,15,24H,2-4,6,13-14,16H2,1H3,(H,25,28)(H,26,29). The highest BCUT2D eigenvalue weighted by molar-refractivity contribution is 5.96. The lowest BCUT2D eigenvalue weighted by atomic mass is 10.2. The number of carbonyl (C=O) groups is 3. The van der Waals surface area contributed by atoms with Gasteiger partial charge in [0.2, 0.25) is 11.8 Å². The largest absolute Gasteiger partial charge is 0.376 e. The predicted molar refractivity (Wildman–Crippen MR) is 119 cm³/mol. The van der Waals surface area contributed by atoms with Crippen LogP contribution in [0, 0.1) is 0 Å². The first-order valence-corrected chi connectivity index (χ1v) is 10.4. The Morgan fingerprint density at radius 3 is 2.13 bits per heavy atom. The molecule has 1 aliphatic heterocycles. The summed E-state index contributed by atoms with van der Waals surface area (Å²) in [5, 5.41) is 8.68. The van der Waals surface area contributed by atoms with Crippen LogP contribution in [-0.2, 0) is 9.59 Å². The third-order valence-electron chi connectivity index (χ3n) is 4.89. The lowest BCUT2D eigenvalue weighted by Crippen LogP contribution is -2.27. The number of hydrogen-bond donors (Lipinski definition) is 3. The van der Waals surface area contributed by atoms with Gasteiger partial charge < -0.3 is 20.9 Å². The van der Waals surface area contributed by atoms with Gasteiger partial charge in [0.1, 0.15) is 0 Å². The van der Waals surface area contributed by atoms with Crippen LogP contribution in [0.5, 0.6) is 0 Å². The minimum Gasteiger partial charge on any atom is -0.376 e. The van der Waals surface area contributed by atoms with Crippen molar-refractivity contribution in [2.24, 2.45) is 0 Å². The van der Waals surface area contributed by atoms with Crippen LogP contribution in [0.3, 0.4) is 0 Å². The molecule has 1 heterocycles. The van der Waals surface area contributed by atoms with Crippen LogP contribution in [0.25, 0.3) is 0 Å². The Morgan fingerprint density at radius 2 is 1.50 bits per heavy atom. The number of nitrogens with zero attached hydrogens (tertiary/aromatic N) is 1. The Hall–Kier alpha value is -3.35. The summed E-state index contributed by atoms with van der Waals surface area (Å²) >= 11 is 0. The first-order chi connectivity index (χ1) is 14.5. The molecule has 3 amide bonds. The van der Waals surface area contributed by atoms with Gasteiger partial charge in [-0.05, 0) is 61.7 Å². The fourth-order valence-electron chi connectivity index (χ4n) is 3.35. The molecular weight excluding hydrogens is 380 g/mol. The molecule has 0 spiro atoms. The van der Waals surface area contributed by atoms with Crippen LogP contribution < -0.4 is 16.0 Å². The van der Waals surface area contributed by atoms with Crippen molar-refractivity contribution in [1.82, 2.24) is 4.90 Å². The lowest BCUT2D eigenvalue weighted by Gasteiger charge is -2.15. The van der Waals surface area contributed by atoms with Crippen molar-refractivity contribution in [2.45, 2.75) is 32.6 Å². The van der Waals surface area contributed by atoms with Gasteiger partial charge in [-0.3, -0.25) is 14.4 Å². The van der Waals surface area contributed by atoms with E-state index < -0.39 is 0 Å². The molecular formula is C23H28N4O3. The normalized spacial score (nSPS) is 13.0. The highest BCUT2D eigenvalue weighted by Gasteiger charge is 2.19. The summed E-state index contributed by atoms with van der Waals surface area (Å²) in [5.41, 5.74) is 2.69. The average Bonchev–Trinajstić information content (AvgIpc) is 3.27. The van der Waals surface area contributed by atoms with Gasteiger partial charge >= 0.3 is 0 Å². The minimum atomic E-state index is -0.204. The summed E-state index contributed by atoms with van der Waals surface area (Å²) in [5.74, 6) is -0.193. The summed E-state index contributed by atoms with van der Waals surface area (Å²) < 4.78 is 0. The van der Waals surface area contributed by atoms with E-state index in [1.807, 2.05) is 11.8 Å². The molecule has 2 aromatic rings. The van der Waals surface area contributed by atoms with E-state index in [1.165, 1.54) is 0 Å². The predicted octanol–water partition coefficient (Wildman–Crippen LogP) is 3.71. The fraction of sp³-hybridized carbons (Fsp3) is 0.348. The number of hydrogen-bond acceptors (Lipinski definition) is 4. The Morgan fingerprint density at radius 1 is 0.867 bits per heavy atom. The highest BCUT2D eigenvalue weighted by atomic mass is 16.2. The maximum atomic E-state index is 12.4. The molecule has 3 N–H and O–H groups in total. The molecule has 3 rings (SSSR count). The molecule has 7 nitrogen and oxygen atoms in total. The molecule has 2 aromatic carbocycles. The number of carbonyl (C=O) groups excluding carboxylic acids is 3. The molecule has 1 aliphatic rings. The molecule has 0 bridgehead atoms. The first-order valence-electron chi connectivity index (χ1n) is 10.4. The zero-order chi connectivity index (χ0) is 21.3. The maximum absolute atomic E-state index is 12.4. The van der Waals surface area contributed by atoms with E-state index in [0.717, 1.165) is 38.0 Å². The quantitative estimate of drug-likeness (QED) is 0.621. The van der Waals surface area contributed by atoms with Crippen LogP contribution >= 0.6 is 0 Å². The van der Waals surface area contributed by atoms with Crippen molar-refractivity contribution < 1.29 is 14.4 Å². The second kappa shape index (κ2) is 10.4. The second-order valence-corrected chi connectivity index (χ2v) is 7.36. The van der Waals surface area contributed by atoms with Crippen LogP contribution in [0.15, 0.2) is 48.5 Å². The summed E-state index contributed by atoms with van der Waals surface area (Å²) in [4.78, 5) is 38.2. The Kier molecular flexibility index (Phi) is 7.43. The molecule has 1 saturated heterocycles. The second-order valence-electron chi connectivity index (χ2n) is 7.36. The molecule has 158 valence electrons. The number of amides is 3. The lowest BCUT2D eigenvalue weighted by molar-refractivity contribution is -0.116. The topological polar surface area (TPSA) is 90.5 Å². The summed E-state index contributed by atoms with van der Waals surface area (Å²) in [6, 6.07) is 14.2. The van der Waals surface area contributed by atoms with Crippen LogP contribution in [-0.4, -0.2) is 42.3 Å². The Labute approximate surface area is 176 Å². The van der Waals surface area contributed by atoms with Crippen LogP contribution in [0.1, 0.15) is 43.0 Å². The van der Waals surface area contributed by atoms with Crippen molar-refractivity contribution >= 4 is 34.8 Å². The van der Waals surface area contributed by atoms with Crippen molar-refractivity contribution in [3.05, 3.63) is 54.1 Å². The van der Waals surface area contributed by atoms with Gasteiger partial charge in [0.15, 0.2) is 0 Å². The number of anilines is 3. The smallest absolute Gasteiger partial charge is 0.253 e. The fourth-order valence-corrected chi connectivity index (χ4v) is 3.35. The molecule has 0 atom stereocenters. The molecule has 0 radical (unpaired) electrons. The SMILES string of the molecule is CCCC(=O)Nc1cccc(NC(=O)CNc2ccc(C(=O)N3CCCC3)cc2)c1. The monoisotopic (exact) mass is 408 g/mol. The van der Waals surface area contributed by atoms with E-state index in [4.69, 9.17) is 0 Å². The van der Waals surface area contributed by atoms with Gasteiger partial charge in [0.05, 0.1) is 6.54 Å². The van der Waals surface area contributed by atoms with Crippen LogP contribution in [0.4, 0.5) is 17.1 Å². The molecule has 7 heteroatoms. The zero-order valence-corrected chi connectivity index (χ0v) is 17.2. The van der Waals surface area contributed by atoms with Gasteiger partial charge in [-0.1, -0.05) is 13.0 Å². The summed E-state index contributed by atoms with van der Waals surface area (Å²) in [7, 11) is 0. The molecule has 0 aromatic heterocycles. The van der Waals surface area contributed by atoms with Gasteiger partial charge in [-0.15, -0.1) is 0 Å². The number of rotatable bonds is 8. The third-order valence-corrected chi connectivity index (χ3v) is 4.89. The van der Waals surface area contributed by atoms with E-state index in [2.05, 4.69) is 16.0 Å². The zero-order valence-electron chi connectivity index (χ0n) is 17.2. The third kappa shape index (κ3) is 6.07. The molecule has 30 heavy (non-hydrogen) atoms. The van der Waals surface area contributed by atoms with Gasteiger partial charge in [0.25, 0.3) is 5.91 Å². The van der Waals surface area contributed by atoms with E-state index in [0.29, 0.717) is 23.4 Å². The first kappa shape index (κ1) is 21.4. The van der Waals surface area contributed by atoms with E-state index in [1.54, 1.807) is 48.5 Å². The molecule has 1 fully saturated rings. The number of likely N-dealkylation sites (tertiary alicyclic amines) is 1. The van der Waals surface area contributed by atoms with E-state index >= 15 is 0 Å². The van der Waals surface area contributed by atoms with E-state index in [-0.39, 0.29) is 24.3 Å². The summed E-state index contributed by atoms with van der Waals surface area (Å²) in [6.45, 7) is 3.68. The van der Waals surface area contributed by atoms with Crippen molar-refractivity contribution in [1.29, 1.82) is 0 Å². The van der Waals surface area contributed by atoms with Gasteiger partial charge in [-0.25, -0.2) is 0 Å². The molecule has 0 aliphatic carbocycles. The number of nitrogens with one attached hydrogen (secondary N) is 3. The Bertz CT molecular complexity index is 890. The minimum absolute atomic E-state index is 0.0469. The Balaban J connectivity index is 1.48. The number of benzene rings is 2. The van der Waals surface area contributed by atoms with Gasteiger partial charge in [-0.2, -0.15) is 0 Å². The van der Waals surface area contributed by atoms with Crippen molar-refractivity contribution in [3.63, 3.8) is 0 Å². The molecule has 0 unspecified atom stereocenters. The van der Waals surface area contributed by atoms with Crippen LogP contribution in [0.2, 0.25) is 0 Å². The van der Waals surface area contributed by atoms with Crippen molar-refractivity contribution in [2.75, 3.05) is 35.6 Å². The van der Waals surface area contributed by atoms with Crippen molar-refractivity contribution in [3.8, 4) is 0 Å². The average molecular weight is 409 g/mol. The van der Waals surface area contributed by atoms with Gasteiger partial charge in [0, 0.05) is 42.1 Å². The summed E-state index contributed by atoms with van der Waals surface area (Å²) in [6.07, 6.45) is 3.37.